The van der Waals surface area contributed by atoms with E-state index in [1.807, 2.05) is 0 Å². The smallest absolute Gasteiger partial charge is 0.402 e. The minimum absolute atomic E-state index is 0.456. The fourth-order valence-corrected chi connectivity index (χ4v) is 2.50. The average Bonchev–Trinajstić information content (AvgIpc) is 2.23. The Morgan fingerprint density at radius 3 is 2.21 bits per heavy atom. The van der Waals surface area contributed by atoms with Crippen molar-refractivity contribution >= 4 is 14.0 Å². The van der Waals surface area contributed by atoms with Crippen LogP contribution in [-0.4, -0.2) is 19.4 Å². The van der Waals surface area contributed by atoms with Crippen LogP contribution in [0.3, 0.4) is 0 Å². The van der Waals surface area contributed by atoms with Crippen LogP contribution < -0.4 is 0 Å². The number of nitrogens with zero attached hydrogens (tertiary/aromatic N) is 1. The van der Waals surface area contributed by atoms with Gasteiger partial charge < -0.3 is 4.43 Å². The lowest BCUT2D eigenvalue weighted by Gasteiger charge is -2.28. The summed E-state index contributed by atoms with van der Waals surface area (Å²) in [6, 6.07) is 4.77. The normalized spacial score (nSPS) is 14.2. The second-order valence-corrected chi connectivity index (χ2v) is 9.43. The number of nitro benzene ring substituents is 1. The quantitative estimate of drug-likeness (QED) is 0.478. The lowest BCUT2D eigenvalue weighted by Crippen LogP contribution is -2.35. The first-order chi connectivity index (χ1) is 8.52. The van der Waals surface area contributed by atoms with Gasteiger partial charge in [0.1, 0.15) is 0 Å². The van der Waals surface area contributed by atoms with E-state index in [-0.39, 0.29) is 0 Å². The maximum absolute atomic E-state index is 13.1. The molecule has 0 fully saturated rings. The first-order valence-corrected chi connectivity index (χ1v) is 8.91. The van der Waals surface area contributed by atoms with Crippen LogP contribution in [0.2, 0.25) is 19.6 Å². The molecule has 0 heterocycles. The van der Waals surface area contributed by atoms with Gasteiger partial charge in [0.05, 0.1) is 10.5 Å². The number of hydrogen-bond donors (Lipinski definition) is 0. The number of halogens is 3. The molecule has 1 aromatic rings. The van der Waals surface area contributed by atoms with Crippen molar-refractivity contribution in [3.05, 3.63) is 39.9 Å². The van der Waals surface area contributed by atoms with E-state index in [0.717, 1.165) is 12.1 Å². The largest absolute Gasteiger partial charge is 0.417 e. The molecule has 0 bridgehead atoms. The molecular formula is C11H14F3NO3Si. The molecule has 1 atom stereocenters. The molecule has 0 aliphatic rings. The Bertz CT molecular complexity index is 471. The molecule has 1 aromatic carbocycles. The Balaban J connectivity index is 3.30. The van der Waals surface area contributed by atoms with E-state index in [9.17, 15) is 23.3 Å². The number of nitro groups is 1. The highest BCUT2D eigenvalue weighted by Crippen LogP contribution is 2.41. The molecule has 0 amide bonds. The predicted molar refractivity (Wildman–Crippen MR) is 66.3 cm³/mol. The van der Waals surface area contributed by atoms with Gasteiger partial charge in [0, 0.05) is 6.07 Å². The maximum atomic E-state index is 13.1. The van der Waals surface area contributed by atoms with E-state index in [1.54, 1.807) is 19.6 Å². The Labute approximate surface area is 109 Å². The number of para-hydroxylation sites is 1. The van der Waals surface area contributed by atoms with Gasteiger partial charge in [-0.2, -0.15) is 13.2 Å². The fraction of sp³-hybridized carbons (Fsp3) is 0.455. The van der Waals surface area contributed by atoms with Gasteiger partial charge in [0.15, 0.2) is 14.4 Å². The van der Waals surface area contributed by atoms with Crippen molar-refractivity contribution in [3.8, 4) is 0 Å². The summed E-state index contributed by atoms with van der Waals surface area (Å²) in [6.45, 7) is 4.79. The second-order valence-electron chi connectivity index (χ2n) is 4.97. The molecule has 1 rings (SSSR count). The molecule has 0 aliphatic carbocycles. The van der Waals surface area contributed by atoms with Crippen molar-refractivity contribution in [3.63, 3.8) is 0 Å². The van der Waals surface area contributed by atoms with E-state index < -0.39 is 36.8 Å². The van der Waals surface area contributed by atoms with Gasteiger partial charge in [-0.1, -0.05) is 12.1 Å². The molecule has 106 valence electrons. The van der Waals surface area contributed by atoms with Gasteiger partial charge in [-0.15, -0.1) is 0 Å². The van der Waals surface area contributed by atoms with Crippen LogP contribution in [-0.2, 0) is 4.43 Å². The predicted octanol–water partition coefficient (Wildman–Crippen LogP) is 4.05. The van der Waals surface area contributed by atoms with Crippen LogP contribution in [0.1, 0.15) is 11.7 Å². The summed E-state index contributed by atoms with van der Waals surface area (Å²) in [5.41, 5.74) is -1.04. The molecule has 0 aliphatic heterocycles. The summed E-state index contributed by atoms with van der Waals surface area (Å²) in [7, 11) is -2.51. The highest BCUT2D eigenvalue weighted by atomic mass is 28.4. The minimum Gasteiger partial charge on any atom is -0.402 e. The van der Waals surface area contributed by atoms with Crippen molar-refractivity contribution < 1.29 is 22.5 Å². The number of alkyl halides is 3. The molecular weight excluding hydrogens is 279 g/mol. The monoisotopic (exact) mass is 293 g/mol. The lowest BCUT2D eigenvalue weighted by atomic mass is 10.1. The van der Waals surface area contributed by atoms with Crippen molar-refractivity contribution in [2.24, 2.45) is 0 Å². The highest BCUT2D eigenvalue weighted by Gasteiger charge is 2.46. The van der Waals surface area contributed by atoms with E-state index in [2.05, 4.69) is 0 Å². The molecule has 0 N–H and O–H groups in total. The van der Waals surface area contributed by atoms with Crippen LogP contribution in [0.5, 0.6) is 0 Å². The molecule has 0 spiro atoms. The molecule has 0 saturated heterocycles. The summed E-state index contributed by atoms with van der Waals surface area (Å²) in [4.78, 5) is 9.98. The van der Waals surface area contributed by atoms with Gasteiger partial charge >= 0.3 is 6.18 Å². The third-order valence-corrected chi connectivity index (χ3v) is 3.13. The standard InChI is InChI=1S/C11H14F3NO3Si/c1-19(2,3)18-10(11(12,13)14)8-6-4-5-7-9(8)15(16)17/h4-7,10H,1-3H3. The molecule has 4 nitrogen and oxygen atoms in total. The molecule has 0 saturated carbocycles. The van der Waals surface area contributed by atoms with Crippen molar-refractivity contribution in [1.29, 1.82) is 0 Å². The molecule has 19 heavy (non-hydrogen) atoms. The van der Waals surface area contributed by atoms with E-state index >= 15 is 0 Å². The first-order valence-electron chi connectivity index (χ1n) is 5.50. The Morgan fingerprint density at radius 1 is 1.26 bits per heavy atom. The Kier molecular flexibility index (Phi) is 4.36. The fourth-order valence-electron chi connectivity index (χ4n) is 1.54. The first kappa shape index (κ1) is 15.6. The SMILES string of the molecule is C[Si](C)(C)OC(c1ccccc1[N+](=O)[O-])C(F)(F)F. The topological polar surface area (TPSA) is 52.4 Å². The zero-order valence-corrected chi connectivity index (χ0v) is 11.7. The zero-order valence-electron chi connectivity index (χ0n) is 10.7. The lowest BCUT2D eigenvalue weighted by molar-refractivity contribution is -0.387. The minimum atomic E-state index is -4.69. The van der Waals surface area contributed by atoms with Gasteiger partial charge in [0.25, 0.3) is 5.69 Å². The highest BCUT2D eigenvalue weighted by molar-refractivity contribution is 6.69. The third-order valence-electron chi connectivity index (χ3n) is 2.18. The van der Waals surface area contributed by atoms with E-state index in [0.29, 0.717) is 0 Å². The maximum Gasteiger partial charge on any atom is 0.417 e. The number of rotatable bonds is 4. The van der Waals surface area contributed by atoms with Crippen LogP contribution in [0.25, 0.3) is 0 Å². The van der Waals surface area contributed by atoms with Crippen molar-refractivity contribution in [1.82, 2.24) is 0 Å². The summed E-state index contributed by atoms with van der Waals surface area (Å²) in [5, 5.41) is 10.8. The average molecular weight is 293 g/mol. The Hall–Kier alpha value is -1.41. The van der Waals surface area contributed by atoms with E-state index in [1.165, 1.54) is 12.1 Å². The van der Waals surface area contributed by atoms with Crippen molar-refractivity contribution in [2.75, 3.05) is 0 Å². The van der Waals surface area contributed by atoms with Crippen molar-refractivity contribution in [2.45, 2.75) is 31.9 Å². The second kappa shape index (κ2) is 5.30. The van der Waals surface area contributed by atoms with Crippen LogP contribution in [0, 0.1) is 10.1 Å². The van der Waals surface area contributed by atoms with Gasteiger partial charge in [-0.3, -0.25) is 10.1 Å². The summed E-state index contributed by atoms with van der Waals surface area (Å²) in [6.07, 6.45) is -6.95. The van der Waals surface area contributed by atoms with Gasteiger partial charge in [-0.05, 0) is 25.7 Å². The number of benzene rings is 1. The third kappa shape index (κ3) is 4.32. The summed E-state index contributed by atoms with van der Waals surface area (Å²) in [5.74, 6) is 0. The molecule has 0 radical (unpaired) electrons. The van der Waals surface area contributed by atoms with Gasteiger partial charge in [0.2, 0.25) is 0 Å². The molecule has 1 unspecified atom stereocenters. The number of hydrogen-bond acceptors (Lipinski definition) is 3. The van der Waals surface area contributed by atoms with E-state index in [4.69, 9.17) is 4.43 Å². The summed E-state index contributed by atoms with van der Waals surface area (Å²) >= 11 is 0. The Morgan fingerprint density at radius 2 is 1.79 bits per heavy atom. The molecule has 8 heteroatoms. The van der Waals surface area contributed by atoms with Crippen LogP contribution in [0.15, 0.2) is 24.3 Å². The van der Waals surface area contributed by atoms with Crippen LogP contribution in [0.4, 0.5) is 18.9 Å². The molecule has 0 aromatic heterocycles. The summed E-state index contributed by atoms with van der Waals surface area (Å²) < 4.78 is 44.3. The van der Waals surface area contributed by atoms with Gasteiger partial charge in [-0.25, -0.2) is 0 Å². The van der Waals surface area contributed by atoms with Crippen LogP contribution >= 0.6 is 0 Å². The zero-order chi connectivity index (χ0) is 14.8.